The molecule has 1 fully saturated rings. The van der Waals surface area contributed by atoms with Crippen LogP contribution >= 0.6 is 0 Å². The first kappa shape index (κ1) is 14.3. The van der Waals surface area contributed by atoms with E-state index >= 15 is 0 Å². The second-order valence-electron chi connectivity index (χ2n) is 4.63. The first-order chi connectivity index (χ1) is 8.27. The van der Waals surface area contributed by atoms with Crippen molar-refractivity contribution in [3.8, 4) is 0 Å². The number of ether oxygens (including phenoxy) is 1. The third-order valence-corrected chi connectivity index (χ3v) is 2.95. The molecule has 0 aromatic rings. The summed E-state index contributed by atoms with van der Waals surface area (Å²) in [6.45, 7) is 9.87. The number of unbranched alkanes of at least 4 members (excludes halogenated alkanes) is 1. The second kappa shape index (κ2) is 8.34. The molecule has 0 aromatic heterocycles. The fourth-order valence-electron chi connectivity index (χ4n) is 1.67. The largest absolute Gasteiger partial charge is 0.382 e. The molecule has 2 atom stereocenters. The van der Waals surface area contributed by atoms with E-state index < -0.39 is 0 Å². The Kier molecular flexibility index (Phi) is 7.01. The van der Waals surface area contributed by atoms with E-state index in [-0.39, 0.29) is 0 Å². The van der Waals surface area contributed by atoms with Crippen molar-refractivity contribution >= 4 is 5.96 Å². The SMILES string of the molecule is CCNC(=NCCCCOCC)NC1CC1C. The monoisotopic (exact) mass is 241 g/mol. The van der Waals surface area contributed by atoms with E-state index in [1.54, 1.807) is 0 Å². The van der Waals surface area contributed by atoms with Crippen LogP contribution in [0.3, 0.4) is 0 Å². The van der Waals surface area contributed by atoms with Crippen molar-refractivity contribution in [2.24, 2.45) is 10.9 Å². The summed E-state index contributed by atoms with van der Waals surface area (Å²) in [6.07, 6.45) is 3.46. The van der Waals surface area contributed by atoms with E-state index in [1.807, 2.05) is 6.92 Å². The molecular formula is C13H27N3O. The smallest absolute Gasteiger partial charge is 0.191 e. The molecule has 1 aliphatic rings. The van der Waals surface area contributed by atoms with Crippen LogP contribution in [0, 0.1) is 5.92 Å². The van der Waals surface area contributed by atoms with Gasteiger partial charge in [-0.15, -0.1) is 0 Å². The van der Waals surface area contributed by atoms with Gasteiger partial charge in [0.15, 0.2) is 5.96 Å². The van der Waals surface area contributed by atoms with Crippen LogP contribution in [0.15, 0.2) is 4.99 Å². The maximum Gasteiger partial charge on any atom is 0.191 e. The summed E-state index contributed by atoms with van der Waals surface area (Å²) >= 11 is 0. The Morgan fingerprint density at radius 2 is 2.12 bits per heavy atom. The zero-order valence-corrected chi connectivity index (χ0v) is 11.5. The Hall–Kier alpha value is -0.770. The molecule has 0 spiro atoms. The molecule has 0 aliphatic heterocycles. The molecule has 100 valence electrons. The minimum atomic E-state index is 0.635. The highest BCUT2D eigenvalue weighted by atomic mass is 16.5. The van der Waals surface area contributed by atoms with Gasteiger partial charge in [0, 0.05) is 32.3 Å². The zero-order chi connectivity index (χ0) is 12.5. The quantitative estimate of drug-likeness (QED) is 0.387. The van der Waals surface area contributed by atoms with Gasteiger partial charge in [0.05, 0.1) is 0 Å². The predicted molar refractivity (Wildman–Crippen MR) is 72.4 cm³/mol. The molecule has 1 rings (SSSR count). The molecule has 17 heavy (non-hydrogen) atoms. The first-order valence-electron chi connectivity index (χ1n) is 6.90. The fraction of sp³-hybridized carbons (Fsp3) is 0.923. The van der Waals surface area contributed by atoms with Gasteiger partial charge >= 0.3 is 0 Å². The highest BCUT2D eigenvalue weighted by Gasteiger charge is 2.33. The third kappa shape index (κ3) is 6.51. The lowest BCUT2D eigenvalue weighted by molar-refractivity contribution is 0.144. The lowest BCUT2D eigenvalue weighted by atomic mass is 10.3. The molecule has 0 amide bonds. The molecule has 2 unspecified atom stereocenters. The van der Waals surface area contributed by atoms with Crippen molar-refractivity contribution in [2.75, 3.05) is 26.3 Å². The van der Waals surface area contributed by atoms with Crippen molar-refractivity contribution in [3.05, 3.63) is 0 Å². The summed E-state index contributed by atoms with van der Waals surface area (Å²) in [7, 11) is 0. The van der Waals surface area contributed by atoms with Gasteiger partial charge < -0.3 is 15.4 Å². The second-order valence-corrected chi connectivity index (χ2v) is 4.63. The van der Waals surface area contributed by atoms with Gasteiger partial charge in [-0.3, -0.25) is 4.99 Å². The Balaban J connectivity index is 2.12. The van der Waals surface area contributed by atoms with Crippen molar-refractivity contribution in [3.63, 3.8) is 0 Å². The highest BCUT2D eigenvalue weighted by molar-refractivity contribution is 5.80. The lowest BCUT2D eigenvalue weighted by Crippen LogP contribution is -2.39. The Labute approximate surface area is 105 Å². The van der Waals surface area contributed by atoms with Crippen LogP contribution < -0.4 is 10.6 Å². The van der Waals surface area contributed by atoms with Gasteiger partial charge in [-0.2, -0.15) is 0 Å². The van der Waals surface area contributed by atoms with Crippen molar-refractivity contribution < 1.29 is 4.74 Å². The predicted octanol–water partition coefficient (Wildman–Crippen LogP) is 1.77. The summed E-state index contributed by atoms with van der Waals surface area (Å²) in [6, 6.07) is 0.635. The summed E-state index contributed by atoms with van der Waals surface area (Å²) in [4.78, 5) is 4.56. The van der Waals surface area contributed by atoms with E-state index in [9.17, 15) is 0 Å². The Morgan fingerprint density at radius 3 is 2.71 bits per heavy atom. The van der Waals surface area contributed by atoms with Crippen LogP contribution in [0.5, 0.6) is 0 Å². The van der Waals surface area contributed by atoms with Gasteiger partial charge in [0.2, 0.25) is 0 Å². The first-order valence-corrected chi connectivity index (χ1v) is 6.90. The number of hydrogen-bond acceptors (Lipinski definition) is 2. The molecule has 4 nitrogen and oxygen atoms in total. The van der Waals surface area contributed by atoms with E-state index in [1.165, 1.54) is 6.42 Å². The van der Waals surface area contributed by atoms with E-state index in [0.29, 0.717) is 6.04 Å². The molecule has 0 aromatic carbocycles. The van der Waals surface area contributed by atoms with E-state index in [0.717, 1.165) is 51.0 Å². The van der Waals surface area contributed by atoms with Gasteiger partial charge in [-0.05, 0) is 39.0 Å². The van der Waals surface area contributed by atoms with Crippen molar-refractivity contribution in [1.29, 1.82) is 0 Å². The summed E-state index contributed by atoms with van der Waals surface area (Å²) in [5.41, 5.74) is 0. The summed E-state index contributed by atoms with van der Waals surface area (Å²) in [5, 5.41) is 6.74. The maximum atomic E-state index is 5.30. The normalized spacial score (nSPS) is 23.6. The van der Waals surface area contributed by atoms with Gasteiger partial charge in [-0.25, -0.2) is 0 Å². The number of guanidine groups is 1. The van der Waals surface area contributed by atoms with Crippen LogP contribution in [0.25, 0.3) is 0 Å². The van der Waals surface area contributed by atoms with Crippen LogP contribution in [0.1, 0.15) is 40.0 Å². The molecule has 0 heterocycles. The molecule has 0 radical (unpaired) electrons. The molecule has 1 aliphatic carbocycles. The number of aliphatic imine (C=N–C) groups is 1. The maximum absolute atomic E-state index is 5.30. The molecular weight excluding hydrogens is 214 g/mol. The van der Waals surface area contributed by atoms with Gasteiger partial charge in [0.1, 0.15) is 0 Å². The van der Waals surface area contributed by atoms with Gasteiger partial charge in [-0.1, -0.05) is 6.92 Å². The average molecular weight is 241 g/mol. The third-order valence-electron chi connectivity index (χ3n) is 2.95. The Morgan fingerprint density at radius 1 is 1.35 bits per heavy atom. The molecule has 4 heteroatoms. The summed E-state index contributed by atoms with van der Waals surface area (Å²) < 4.78 is 5.30. The number of hydrogen-bond donors (Lipinski definition) is 2. The summed E-state index contributed by atoms with van der Waals surface area (Å²) in [5.74, 6) is 1.77. The standard InChI is InChI=1S/C13H27N3O/c1-4-14-13(16-12-10-11(12)3)15-8-6-7-9-17-5-2/h11-12H,4-10H2,1-3H3,(H2,14,15,16). The number of rotatable bonds is 8. The lowest BCUT2D eigenvalue weighted by Gasteiger charge is -2.10. The topological polar surface area (TPSA) is 45.7 Å². The molecule has 0 saturated heterocycles. The number of nitrogens with one attached hydrogen (secondary N) is 2. The molecule has 2 N–H and O–H groups in total. The van der Waals surface area contributed by atoms with E-state index in [4.69, 9.17) is 4.74 Å². The zero-order valence-electron chi connectivity index (χ0n) is 11.5. The van der Waals surface area contributed by atoms with Crippen molar-refractivity contribution in [2.45, 2.75) is 46.1 Å². The molecule has 1 saturated carbocycles. The van der Waals surface area contributed by atoms with Crippen LogP contribution in [0.4, 0.5) is 0 Å². The minimum absolute atomic E-state index is 0.635. The highest BCUT2D eigenvalue weighted by Crippen LogP contribution is 2.28. The average Bonchev–Trinajstić information content (AvgIpc) is 2.99. The van der Waals surface area contributed by atoms with Crippen LogP contribution in [-0.4, -0.2) is 38.3 Å². The van der Waals surface area contributed by atoms with E-state index in [2.05, 4.69) is 29.5 Å². The minimum Gasteiger partial charge on any atom is -0.382 e. The fourth-order valence-corrected chi connectivity index (χ4v) is 1.67. The molecule has 0 bridgehead atoms. The van der Waals surface area contributed by atoms with Crippen LogP contribution in [-0.2, 0) is 4.74 Å². The Bertz CT molecular complexity index is 231. The van der Waals surface area contributed by atoms with Crippen molar-refractivity contribution in [1.82, 2.24) is 10.6 Å². The number of nitrogens with zero attached hydrogens (tertiary/aromatic N) is 1. The van der Waals surface area contributed by atoms with Crippen LogP contribution in [0.2, 0.25) is 0 Å². The van der Waals surface area contributed by atoms with Gasteiger partial charge in [0.25, 0.3) is 0 Å².